The zero-order valence-electron chi connectivity index (χ0n) is 7.54. The molecule has 0 aliphatic rings. The van der Waals surface area contributed by atoms with Gasteiger partial charge in [-0.25, -0.2) is 0 Å². The molecular formula is C8H10F3N3. The van der Waals surface area contributed by atoms with E-state index in [1.54, 1.807) is 0 Å². The van der Waals surface area contributed by atoms with Gasteiger partial charge in [0.25, 0.3) is 0 Å². The molecule has 1 aromatic heterocycles. The van der Waals surface area contributed by atoms with Crippen molar-refractivity contribution in [3.63, 3.8) is 0 Å². The van der Waals surface area contributed by atoms with Crippen molar-refractivity contribution < 1.29 is 13.2 Å². The van der Waals surface area contributed by atoms with Gasteiger partial charge >= 0.3 is 6.18 Å². The molecular weight excluding hydrogens is 195 g/mol. The van der Waals surface area contributed by atoms with E-state index >= 15 is 0 Å². The highest BCUT2D eigenvalue weighted by atomic mass is 19.4. The second-order valence-electron chi connectivity index (χ2n) is 2.86. The molecule has 78 valence electrons. The van der Waals surface area contributed by atoms with Crippen molar-refractivity contribution in [3.05, 3.63) is 23.8 Å². The Bertz CT molecular complexity index is 311. The van der Waals surface area contributed by atoms with Gasteiger partial charge in [0, 0.05) is 18.9 Å². The Labute approximate surface area is 79.2 Å². The number of nitrogens with two attached hydrogens (primary N) is 1. The first-order chi connectivity index (χ1) is 6.46. The van der Waals surface area contributed by atoms with Crippen LogP contribution in [0.2, 0.25) is 0 Å². The predicted octanol–water partition coefficient (Wildman–Crippen LogP) is 1.39. The summed E-state index contributed by atoms with van der Waals surface area (Å²) in [6, 6.07) is 0. The average Bonchev–Trinajstić information content (AvgIpc) is 2.07. The van der Waals surface area contributed by atoms with Crippen LogP contribution in [0, 0.1) is 6.92 Å². The average molecular weight is 205 g/mol. The van der Waals surface area contributed by atoms with E-state index in [2.05, 4.69) is 9.97 Å². The van der Waals surface area contributed by atoms with E-state index in [1.165, 1.54) is 19.3 Å². The maximum absolute atomic E-state index is 12.4. The highest BCUT2D eigenvalue weighted by Crippen LogP contribution is 2.33. The molecule has 3 nitrogen and oxygen atoms in total. The number of alkyl halides is 3. The molecule has 0 saturated heterocycles. The highest BCUT2D eigenvalue weighted by molar-refractivity contribution is 5.16. The molecule has 1 rings (SSSR count). The minimum absolute atomic E-state index is 0.0949. The number of hydrogen-bond acceptors (Lipinski definition) is 3. The second kappa shape index (κ2) is 3.91. The first-order valence-corrected chi connectivity index (χ1v) is 4.01. The molecule has 1 heterocycles. The van der Waals surface area contributed by atoms with Crippen molar-refractivity contribution in [2.24, 2.45) is 5.73 Å². The van der Waals surface area contributed by atoms with Gasteiger partial charge in [-0.3, -0.25) is 9.97 Å². The number of nitrogens with zero attached hydrogens (tertiary/aromatic N) is 2. The Kier molecular flexibility index (Phi) is 3.05. The summed E-state index contributed by atoms with van der Waals surface area (Å²) in [7, 11) is 0. The summed E-state index contributed by atoms with van der Waals surface area (Å²) in [6.45, 7) is 0.972. The van der Waals surface area contributed by atoms with E-state index in [0.717, 1.165) is 0 Å². The molecule has 1 atom stereocenters. The van der Waals surface area contributed by atoms with Gasteiger partial charge in [-0.15, -0.1) is 0 Å². The Morgan fingerprint density at radius 1 is 1.36 bits per heavy atom. The van der Waals surface area contributed by atoms with Crippen molar-refractivity contribution in [1.29, 1.82) is 0 Å². The second-order valence-corrected chi connectivity index (χ2v) is 2.86. The largest absolute Gasteiger partial charge is 0.398 e. The van der Waals surface area contributed by atoms with Crippen LogP contribution >= 0.6 is 0 Å². The van der Waals surface area contributed by atoms with E-state index in [1.807, 2.05) is 0 Å². The van der Waals surface area contributed by atoms with Gasteiger partial charge < -0.3 is 5.73 Å². The van der Waals surface area contributed by atoms with Gasteiger partial charge in [0.2, 0.25) is 0 Å². The van der Waals surface area contributed by atoms with Crippen LogP contribution in [0.15, 0.2) is 12.4 Å². The Morgan fingerprint density at radius 3 is 2.36 bits per heavy atom. The molecule has 0 aromatic carbocycles. The lowest BCUT2D eigenvalue weighted by atomic mass is 10.0. The van der Waals surface area contributed by atoms with E-state index < -0.39 is 18.6 Å². The number of hydrogen-bond donors (Lipinski definition) is 1. The lowest BCUT2D eigenvalue weighted by molar-refractivity contribution is -0.149. The first kappa shape index (κ1) is 10.9. The molecule has 0 radical (unpaired) electrons. The van der Waals surface area contributed by atoms with Gasteiger partial charge in [0.05, 0.1) is 11.4 Å². The number of aryl methyl sites for hydroxylation is 1. The molecule has 6 heteroatoms. The molecule has 0 fully saturated rings. The molecule has 0 aliphatic heterocycles. The molecule has 14 heavy (non-hydrogen) atoms. The minimum atomic E-state index is -4.37. The van der Waals surface area contributed by atoms with Crippen LogP contribution in [0.1, 0.15) is 17.3 Å². The van der Waals surface area contributed by atoms with Crippen LogP contribution in [-0.2, 0) is 0 Å². The van der Waals surface area contributed by atoms with Crippen molar-refractivity contribution in [1.82, 2.24) is 9.97 Å². The van der Waals surface area contributed by atoms with Crippen LogP contribution in [-0.4, -0.2) is 22.7 Å². The lowest BCUT2D eigenvalue weighted by Crippen LogP contribution is -2.29. The molecule has 0 bridgehead atoms. The molecule has 2 N–H and O–H groups in total. The van der Waals surface area contributed by atoms with Crippen LogP contribution in [0.25, 0.3) is 0 Å². The normalized spacial score (nSPS) is 14.1. The third-order valence-electron chi connectivity index (χ3n) is 1.88. The topological polar surface area (TPSA) is 51.8 Å². The fourth-order valence-corrected chi connectivity index (χ4v) is 1.16. The SMILES string of the molecule is Cc1nccnc1C(CN)C(F)(F)F. The zero-order chi connectivity index (χ0) is 10.8. The third-order valence-corrected chi connectivity index (χ3v) is 1.88. The molecule has 0 amide bonds. The van der Waals surface area contributed by atoms with E-state index in [9.17, 15) is 13.2 Å². The summed E-state index contributed by atoms with van der Waals surface area (Å²) >= 11 is 0. The van der Waals surface area contributed by atoms with Gasteiger partial charge in [-0.05, 0) is 6.92 Å². The Morgan fingerprint density at radius 2 is 1.93 bits per heavy atom. The smallest absolute Gasteiger partial charge is 0.329 e. The minimum Gasteiger partial charge on any atom is -0.329 e. The molecule has 1 aromatic rings. The molecule has 1 unspecified atom stereocenters. The maximum atomic E-state index is 12.4. The number of rotatable bonds is 2. The van der Waals surface area contributed by atoms with Gasteiger partial charge in [0.15, 0.2) is 0 Å². The summed E-state index contributed by atoms with van der Waals surface area (Å²) in [6.07, 6.45) is -1.78. The van der Waals surface area contributed by atoms with Crippen molar-refractivity contribution in [3.8, 4) is 0 Å². The zero-order valence-corrected chi connectivity index (χ0v) is 7.54. The third kappa shape index (κ3) is 2.20. The molecule has 0 spiro atoms. The quantitative estimate of drug-likeness (QED) is 0.793. The van der Waals surface area contributed by atoms with Crippen LogP contribution in [0.5, 0.6) is 0 Å². The van der Waals surface area contributed by atoms with Crippen molar-refractivity contribution >= 4 is 0 Å². The summed E-state index contributed by atoms with van der Waals surface area (Å²) in [5.74, 6) is -1.73. The van der Waals surface area contributed by atoms with E-state index in [0.29, 0.717) is 0 Å². The number of halogens is 3. The van der Waals surface area contributed by atoms with E-state index in [-0.39, 0.29) is 11.4 Å². The highest BCUT2D eigenvalue weighted by Gasteiger charge is 2.41. The summed E-state index contributed by atoms with van der Waals surface area (Å²) in [4.78, 5) is 7.40. The molecule has 0 saturated carbocycles. The Hall–Kier alpha value is -1.17. The molecule has 0 aliphatic carbocycles. The van der Waals surface area contributed by atoms with E-state index in [4.69, 9.17) is 5.73 Å². The standard InChI is InChI=1S/C8H10F3N3/c1-5-7(14-3-2-13-5)6(4-12)8(9,10)11/h2-3,6H,4,12H2,1H3. The van der Waals surface area contributed by atoms with Gasteiger partial charge in [-0.1, -0.05) is 0 Å². The maximum Gasteiger partial charge on any atom is 0.398 e. The van der Waals surface area contributed by atoms with Gasteiger partial charge in [-0.2, -0.15) is 13.2 Å². The fourth-order valence-electron chi connectivity index (χ4n) is 1.16. The number of aromatic nitrogens is 2. The van der Waals surface area contributed by atoms with Crippen molar-refractivity contribution in [2.75, 3.05) is 6.54 Å². The van der Waals surface area contributed by atoms with Crippen molar-refractivity contribution in [2.45, 2.75) is 19.0 Å². The lowest BCUT2D eigenvalue weighted by Gasteiger charge is -2.18. The van der Waals surface area contributed by atoms with Crippen LogP contribution < -0.4 is 5.73 Å². The van der Waals surface area contributed by atoms with Crippen LogP contribution in [0.3, 0.4) is 0 Å². The van der Waals surface area contributed by atoms with Gasteiger partial charge in [0.1, 0.15) is 5.92 Å². The predicted molar refractivity (Wildman–Crippen MR) is 44.6 cm³/mol. The summed E-state index contributed by atoms with van der Waals surface area (Å²) in [5, 5.41) is 0. The first-order valence-electron chi connectivity index (χ1n) is 4.01. The summed E-state index contributed by atoms with van der Waals surface area (Å²) in [5.41, 5.74) is 5.24. The monoisotopic (exact) mass is 205 g/mol. The van der Waals surface area contributed by atoms with Crippen LogP contribution in [0.4, 0.5) is 13.2 Å². The Balaban J connectivity index is 3.08. The summed E-state index contributed by atoms with van der Waals surface area (Å²) < 4.78 is 37.3. The fraction of sp³-hybridized carbons (Fsp3) is 0.500.